The Bertz CT molecular complexity index is 928. The van der Waals surface area contributed by atoms with Crippen molar-refractivity contribution in [1.82, 2.24) is 9.97 Å². The predicted octanol–water partition coefficient (Wildman–Crippen LogP) is 4.06. The third kappa shape index (κ3) is 5.68. The Morgan fingerprint density at radius 1 is 1.10 bits per heavy atom. The average Bonchev–Trinajstić information content (AvgIpc) is 2.72. The molecule has 1 aromatic carbocycles. The summed E-state index contributed by atoms with van der Waals surface area (Å²) in [6.45, 7) is 7.88. The monoisotopic (exact) mass is 450 g/mol. The van der Waals surface area contributed by atoms with Crippen LogP contribution in [0.2, 0.25) is 5.28 Å². The van der Waals surface area contributed by atoms with E-state index in [1.165, 1.54) is 12.0 Å². The van der Waals surface area contributed by atoms with E-state index in [4.69, 9.17) is 30.5 Å². The fourth-order valence-corrected chi connectivity index (χ4v) is 3.24. The average molecular weight is 451 g/mol. The molecule has 1 amide bonds. The number of aromatic nitrogens is 2. The standard InChI is InChI=1S/C21H27ClN4O5/c1-21(2,3)31-20(27)26(14-6-7-15(28-4)16(12-14)29-5)18-13-17(23-19(22)24-18)25-8-10-30-11-9-25/h6-7,12-13H,8-11H2,1-5H3. The van der Waals surface area contributed by atoms with Crippen molar-refractivity contribution in [3.8, 4) is 11.5 Å². The quantitative estimate of drug-likeness (QED) is 0.630. The van der Waals surface area contributed by atoms with Crippen molar-refractivity contribution in [3.05, 3.63) is 29.5 Å². The minimum Gasteiger partial charge on any atom is -0.493 e. The van der Waals surface area contributed by atoms with Crippen LogP contribution in [0.3, 0.4) is 0 Å². The number of morpholine rings is 1. The first-order valence-corrected chi connectivity index (χ1v) is 10.2. The van der Waals surface area contributed by atoms with Crippen molar-refractivity contribution < 1.29 is 23.7 Å². The number of carbonyl (C=O) groups excluding carboxylic acids is 1. The number of rotatable bonds is 5. The molecule has 2 heterocycles. The van der Waals surface area contributed by atoms with Gasteiger partial charge in [0.1, 0.15) is 17.2 Å². The molecule has 0 unspecified atom stereocenters. The first-order chi connectivity index (χ1) is 14.7. The minimum absolute atomic E-state index is 0.0213. The van der Waals surface area contributed by atoms with E-state index in [0.29, 0.717) is 49.3 Å². The maximum absolute atomic E-state index is 13.2. The molecule has 0 N–H and O–H groups in total. The minimum atomic E-state index is -0.713. The Morgan fingerprint density at radius 3 is 2.39 bits per heavy atom. The molecule has 0 spiro atoms. The molecule has 0 aliphatic carbocycles. The van der Waals surface area contributed by atoms with Gasteiger partial charge in [-0.25, -0.2) is 14.7 Å². The number of nitrogens with zero attached hydrogens (tertiary/aromatic N) is 4. The number of amides is 1. The zero-order valence-corrected chi connectivity index (χ0v) is 19.1. The van der Waals surface area contributed by atoms with Crippen molar-refractivity contribution in [2.45, 2.75) is 26.4 Å². The summed E-state index contributed by atoms with van der Waals surface area (Å²) in [5, 5.41) is 0.0213. The molecule has 9 nitrogen and oxygen atoms in total. The van der Waals surface area contributed by atoms with Crippen molar-refractivity contribution in [3.63, 3.8) is 0 Å². The number of benzene rings is 1. The van der Waals surface area contributed by atoms with Crippen LogP contribution in [0.25, 0.3) is 0 Å². The third-order valence-corrected chi connectivity index (χ3v) is 4.61. The second-order valence-electron chi connectivity index (χ2n) is 7.81. The van der Waals surface area contributed by atoms with Crippen LogP contribution in [0.1, 0.15) is 20.8 Å². The van der Waals surface area contributed by atoms with Gasteiger partial charge in [0.2, 0.25) is 5.28 Å². The molecule has 1 aromatic heterocycles. The Balaban J connectivity index is 2.08. The summed E-state index contributed by atoms with van der Waals surface area (Å²) in [6.07, 6.45) is -0.609. The van der Waals surface area contributed by atoms with Gasteiger partial charge in [0.05, 0.1) is 33.1 Å². The van der Waals surface area contributed by atoms with Crippen molar-refractivity contribution in [2.24, 2.45) is 0 Å². The molecule has 0 radical (unpaired) electrons. The maximum Gasteiger partial charge on any atom is 0.420 e. The van der Waals surface area contributed by atoms with E-state index in [0.717, 1.165) is 0 Å². The highest BCUT2D eigenvalue weighted by Gasteiger charge is 2.28. The van der Waals surface area contributed by atoms with Crippen LogP contribution in [-0.4, -0.2) is 62.2 Å². The summed E-state index contributed by atoms with van der Waals surface area (Å²) in [6, 6.07) is 6.80. The Labute approximate surface area is 186 Å². The van der Waals surface area contributed by atoms with Crippen LogP contribution < -0.4 is 19.3 Å². The maximum atomic E-state index is 13.2. The SMILES string of the molecule is COc1ccc(N(C(=O)OC(C)(C)C)c2cc(N3CCOCC3)nc(Cl)n2)cc1OC. The van der Waals surface area contributed by atoms with E-state index in [2.05, 4.69) is 9.97 Å². The van der Waals surface area contributed by atoms with Crippen LogP contribution >= 0.6 is 11.6 Å². The second-order valence-corrected chi connectivity index (χ2v) is 8.15. The molecule has 1 aliphatic rings. The lowest BCUT2D eigenvalue weighted by Gasteiger charge is -2.30. The summed E-state index contributed by atoms with van der Waals surface area (Å²) < 4.78 is 21.8. The van der Waals surface area contributed by atoms with E-state index in [1.807, 2.05) is 4.90 Å². The zero-order chi connectivity index (χ0) is 22.6. The number of ether oxygens (including phenoxy) is 4. The highest BCUT2D eigenvalue weighted by atomic mass is 35.5. The van der Waals surface area contributed by atoms with Crippen molar-refractivity contribution >= 4 is 35.0 Å². The Morgan fingerprint density at radius 2 is 1.77 bits per heavy atom. The van der Waals surface area contributed by atoms with Crippen LogP contribution in [-0.2, 0) is 9.47 Å². The number of halogens is 1. The summed E-state index contributed by atoms with van der Waals surface area (Å²) in [7, 11) is 3.07. The Kier molecular flexibility index (Phi) is 7.07. The molecule has 0 bridgehead atoms. The van der Waals surface area contributed by atoms with Crippen LogP contribution in [0.15, 0.2) is 24.3 Å². The van der Waals surface area contributed by atoms with Crippen molar-refractivity contribution in [1.29, 1.82) is 0 Å². The summed E-state index contributed by atoms with van der Waals surface area (Å²) in [4.78, 5) is 25.2. The molecular formula is C21H27ClN4O5. The van der Waals surface area contributed by atoms with Crippen LogP contribution in [0.4, 0.5) is 22.1 Å². The number of hydrogen-bond donors (Lipinski definition) is 0. The van der Waals surface area contributed by atoms with Gasteiger partial charge in [0.25, 0.3) is 0 Å². The van der Waals surface area contributed by atoms with E-state index in [1.54, 1.807) is 52.1 Å². The summed E-state index contributed by atoms with van der Waals surface area (Å²) >= 11 is 6.24. The van der Waals surface area contributed by atoms with Crippen molar-refractivity contribution in [2.75, 3.05) is 50.3 Å². The van der Waals surface area contributed by atoms with Gasteiger partial charge in [0.15, 0.2) is 11.5 Å². The van der Waals surface area contributed by atoms with E-state index < -0.39 is 11.7 Å². The smallest absolute Gasteiger partial charge is 0.420 e. The number of carbonyl (C=O) groups is 1. The lowest BCUT2D eigenvalue weighted by Crippen LogP contribution is -2.37. The molecule has 31 heavy (non-hydrogen) atoms. The first-order valence-electron chi connectivity index (χ1n) is 9.84. The predicted molar refractivity (Wildman–Crippen MR) is 118 cm³/mol. The van der Waals surface area contributed by atoms with Crippen LogP contribution in [0.5, 0.6) is 11.5 Å². The first kappa shape index (κ1) is 22.9. The third-order valence-electron chi connectivity index (χ3n) is 4.44. The number of anilines is 3. The van der Waals surface area contributed by atoms with E-state index >= 15 is 0 Å². The fraction of sp³-hybridized carbons (Fsp3) is 0.476. The van der Waals surface area contributed by atoms with Gasteiger partial charge in [-0.3, -0.25) is 0 Å². The topological polar surface area (TPSA) is 86.2 Å². The van der Waals surface area contributed by atoms with Gasteiger partial charge in [-0.1, -0.05) is 0 Å². The molecule has 1 fully saturated rings. The van der Waals surface area contributed by atoms with Gasteiger partial charge < -0.3 is 23.8 Å². The largest absolute Gasteiger partial charge is 0.493 e. The van der Waals surface area contributed by atoms with Gasteiger partial charge in [-0.2, -0.15) is 4.98 Å². The lowest BCUT2D eigenvalue weighted by molar-refractivity contribution is 0.0598. The Hall–Kier alpha value is -2.78. The molecule has 168 valence electrons. The van der Waals surface area contributed by atoms with E-state index in [-0.39, 0.29) is 11.1 Å². The lowest BCUT2D eigenvalue weighted by atomic mass is 10.2. The highest BCUT2D eigenvalue weighted by Crippen LogP contribution is 2.36. The highest BCUT2D eigenvalue weighted by molar-refractivity contribution is 6.28. The fourth-order valence-electron chi connectivity index (χ4n) is 3.07. The molecular weight excluding hydrogens is 424 g/mol. The van der Waals surface area contributed by atoms with Crippen LogP contribution in [0, 0.1) is 0 Å². The van der Waals surface area contributed by atoms with Gasteiger partial charge >= 0.3 is 6.09 Å². The molecule has 1 saturated heterocycles. The molecule has 3 rings (SSSR count). The second kappa shape index (κ2) is 9.57. The molecule has 0 atom stereocenters. The van der Waals surface area contributed by atoms with Gasteiger partial charge in [0, 0.05) is 25.2 Å². The zero-order valence-electron chi connectivity index (χ0n) is 18.3. The van der Waals surface area contributed by atoms with Gasteiger partial charge in [-0.05, 0) is 44.5 Å². The molecule has 10 heteroatoms. The molecule has 1 aliphatic heterocycles. The van der Waals surface area contributed by atoms with Gasteiger partial charge in [-0.15, -0.1) is 0 Å². The van der Waals surface area contributed by atoms with E-state index in [9.17, 15) is 4.79 Å². The number of hydrogen-bond acceptors (Lipinski definition) is 8. The number of methoxy groups -OCH3 is 2. The summed E-state index contributed by atoms with van der Waals surface area (Å²) in [5.74, 6) is 1.88. The molecule has 2 aromatic rings. The summed E-state index contributed by atoms with van der Waals surface area (Å²) in [5.41, 5.74) is -0.231. The normalized spacial score (nSPS) is 14.2. The molecule has 0 saturated carbocycles.